The van der Waals surface area contributed by atoms with Crippen molar-refractivity contribution in [3.05, 3.63) is 52.3 Å². The molecule has 2 aromatic rings. The summed E-state index contributed by atoms with van der Waals surface area (Å²) in [5, 5.41) is 6.47. The van der Waals surface area contributed by atoms with Gasteiger partial charge in [0.1, 0.15) is 12.4 Å². The molecule has 98 valence electrons. The Labute approximate surface area is 109 Å². The largest absolute Gasteiger partial charge is 0.382 e. The van der Waals surface area contributed by atoms with E-state index < -0.39 is 0 Å². The quantitative estimate of drug-likeness (QED) is 0.851. The highest BCUT2D eigenvalue weighted by atomic mass is 16.2. The van der Waals surface area contributed by atoms with E-state index in [1.54, 1.807) is 12.1 Å². The number of nitrogens with zero attached hydrogens (tertiary/aromatic N) is 2. The first-order chi connectivity index (χ1) is 9.04. The van der Waals surface area contributed by atoms with Crippen molar-refractivity contribution in [1.29, 1.82) is 0 Å². The van der Waals surface area contributed by atoms with Crippen molar-refractivity contribution in [3.63, 3.8) is 0 Å². The van der Waals surface area contributed by atoms with Gasteiger partial charge in [0, 0.05) is 11.8 Å². The van der Waals surface area contributed by atoms with Gasteiger partial charge >= 0.3 is 0 Å². The van der Waals surface area contributed by atoms with Crippen LogP contribution in [-0.2, 0) is 11.3 Å². The van der Waals surface area contributed by atoms with Crippen molar-refractivity contribution >= 4 is 17.4 Å². The van der Waals surface area contributed by atoms with Crippen LogP contribution >= 0.6 is 0 Å². The van der Waals surface area contributed by atoms with Gasteiger partial charge in [-0.05, 0) is 25.1 Å². The molecule has 6 heteroatoms. The van der Waals surface area contributed by atoms with Crippen LogP contribution in [0, 0.1) is 6.92 Å². The van der Waals surface area contributed by atoms with E-state index in [4.69, 9.17) is 5.73 Å². The third kappa shape index (κ3) is 3.41. The van der Waals surface area contributed by atoms with Crippen LogP contribution in [0.2, 0.25) is 0 Å². The number of rotatable bonds is 3. The molecule has 0 unspecified atom stereocenters. The van der Waals surface area contributed by atoms with E-state index in [-0.39, 0.29) is 23.8 Å². The van der Waals surface area contributed by atoms with Gasteiger partial charge in [0.25, 0.3) is 5.56 Å². The minimum Gasteiger partial charge on any atom is -0.382 e. The number of anilines is 2. The van der Waals surface area contributed by atoms with E-state index in [1.165, 1.54) is 12.1 Å². The van der Waals surface area contributed by atoms with Gasteiger partial charge in [0.2, 0.25) is 5.91 Å². The molecule has 1 aromatic heterocycles. The highest BCUT2D eigenvalue weighted by molar-refractivity contribution is 5.90. The van der Waals surface area contributed by atoms with E-state index in [0.29, 0.717) is 5.69 Å². The first-order valence-corrected chi connectivity index (χ1v) is 5.75. The molecule has 2 rings (SSSR count). The summed E-state index contributed by atoms with van der Waals surface area (Å²) >= 11 is 0. The Morgan fingerprint density at radius 2 is 1.95 bits per heavy atom. The average molecular weight is 258 g/mol. The number of amides is 1. The number of carbonyl (C=O) groups excluding carboxylic acids is 1. The molecule has 19 heavy (non-hydrogen) atoms. The molecule has 6 nitrogen and oxygen atoms in total. The number of aryl methyl sites for hydroxylation is 1. The van der Waals surface area contributed by atoms with Crippen molar-refractivity contribution in [1.82, 2.24) is 9.78 Å². The Kier molecular flexibility index (Phi) is 3.61. The number of nitrogens with two attached hydrogens (primary N) is 1. The maximum absolute atomic E-state index is 11.8. The molecule has 0 fully saturated rings. The van der Waals surface area contributed by atoms with Crippen LogP contribution in [0.15, 0.2) is 41.2 Å². The van der Waals surface area contributed by atoms with Gasteiger partial charge in [-0.1, -0.05) is 17.7 Å². The predicted octanol–water partition coefficient (Wildman–Crippen LogP) is 0.773. The minimum absolute atomic E-state index is 0.169. The molecule has 0 saturated heterocycles. The van der Waals surface area contributed by atoms with Gasteiger partial charge in [0.05, 0.1) is 0 Å². The van der Waals surface area contributed by atoms with Gasteiger partial charge < -0.3 is 11.1 Å². The lowest BCUT2D eigenvalue weighted by Gasteiger charge is -2.07. The summed E-state index contributed by atoms with van der Waals surface area (Å²) in [4.78, 5) is 23.2. The molecule has 0 bridgehead atoms. The summed E-state index contributed by atoms with van der Waals surface area (Å²) in [6, 6.07) is 10.0. The summed E-state index contributed by atoms with van der Waals surface area (Å²) in [5.74, 6) is -0.133. The maximum Gasteiger partial charge on any atom is 0.267 e. The Hall–Kier alpha value is -2.63. The van der Waals surface area contributed by atoms with Crippen molar-refractivity contribution in [3.8, 4) is 0 Å². The van der Waals surface area contributed by atoms with Gasteiger partial charge in [-0.15, -0.1) is 0 Å². The topological polar surface area (TPSA) is 90.0 Å². The smallest absolute Gasteiger partial charge is 0.267 e. The summed E-state index contributed by atoms with van der Waals surface area (Å²) in [6.45, 7) is 1.79. The number of nitrogens with one attached hydrogen (secondary N) is 1. The third-order valence-corrected chi connectivity index (χ3v) is 2.52. The Morgan fingerprint density at radius 3 is 2.63 bits per heavy atom. The van der Waals surface area contributed by atoms with Gasteiger partial charge in [0.15, 0.2) is 0 Å². The zero-order chi connectivity index (χ0) is 13.8. The third-order valence-electron chi connectivity index (χ3n) is 2.52. The number of hydrogen-bond donors (Lipinski definition) is 2. The lowest BCUT2D eigenvalue weighted by atomic mass is 10.2. The van der Waals surface area contributed by atoms with E-state index in [1.807, 2.05) is 19.1 Å². The van der Waals surface area contributed by atoms with Crippen LogP contribution < -0.4 is 16.6 Å². The number of aromatic nitrogens is 2. The molecule has 0 spiro atoms. The monoisotopic (exact) mass is 258 g/mol. The summed E-state index contributed by atoms with van der Waals surface area (Å²) < 4.78 is 1.03. The Morgan fingerprint density at radius 1 is 1.26 bits per heavy atom. The lowest BCUT2D eigenvalue weighted by Crippen LogP contribution is -2.29. The fraction of sp³-hybridized carbons (Fsp3) is 0.154. The normalized spacial score (nSPS) is 10.2. The highest BCUT2D eigenvalue weighted by Gasteiger charge is 2.06. The predicted molar refractivity (Wildman–Crippen MR) is 72.7 cm³/mol. The van der Waals surface area contributed by atoms with E-state index in [0.717, 1.165) is 10.2 Å². The van der Waals surface area contributed by atoms with Gasteiger partial charge in [-0.25, -0.2) is 4.68 Å². The number of benzene rings is 1. The first kappa shape index (κ1) is 12.8. The Bertz CT molecular complexity index is 646. The van der Waals surface area contributed by atoms with E-state index >= 15 is 0 Å². The second kappa shape index (κ2) is 5.34. The Balaban J connectivity index is 2.07. The molecule has 0 aliphatic carbocycles. The van der Waals surface area contributed by atoms with Gasteiger partial charge in [-0.2, -0.15) is 5.10 Å². The molecule has 0 atom stereocenters. The highest BCUT2D eigenvalue weighted by Crippen LogP contribution is 2.08. The molecule has 0 aliphatic rings. The number of hydrogen-bond acceptors (Lipinski definition) is 4. The zero-order valence-electron chi connectivity index (χ0n) is 10.5. The standard InChI is InChI=1S/C13H14N4O2/c1-9-2-4-10(5-3-9)15-12(18)8-17-13(19)7-6-11(14)16-17/h2-7H,8H2,1H3,(H2,14,16)(H,15,18). The minimum atomic E-state index is -0.367. The number of carbonyl (C=O) groups is 1. The lowest BCUT2D eigenvalue weighted by molar-refractivity contribution is -0.117. The molecule has 0 radical (unpaired) electrons. The van der Waals surface area contributed by atoms with Crippen molar-refractivity contribution < 1.29 is 4.79 Å². The zero-order valence-corrected chi connectivity index (χ0v) is 10.5. The van der Waals surface area contributed by atoms with E-state index in [2.05, 4.69) is 10.4 Å². The summed E-state index contributed by atoms with van der Waals surface area (Å²) in [7, 11) is 0. The van der Waals surface area contributed by atoms with Crippen LogP contribution in [-0.4, -0.2) is 15.7 Å². The molecular formula is C13H14N4O2. The van der Waals surface area contributed by atoms with Crippen molar-refractivity contribution in [2.45, 2.75) is 13.5 Å². The average Bonchev–Trinajstić information content (AvgIpc) is 2.37. The molecule has 0 saturated carbocycles. The molecule has 1 aromatic carbocycles. The first-order valence-electron chi connectivity index (χ1n) is 5.75. The van der Waals surface area contributed by atoms with Crippen LogP contribution in [0.1, 0.15) is 5.56 Å². The van der Waals surface area contributed by atoms with Gasteiger partial charge in [-0.3, -0.25) is 9.59 Å². The van der Waals surface area contributed by atoms with Crippen molar-refractivity contribution in [2.75, 3.05) is 11.1 Å². The molecule has 3 N–H and O–H groups in total. The second-order valence-corrected chi connectivity index (χ2v) is 4.17. The van der Waals surface area contributed by atoms with Crippen molar-refractivity contribution in [2.24, 2.45) is 0 Å². The van der Waals surface area contributed by atoms with E-state index in [9.17, 15) is 9.59 Å². The fourth-order valence-corrected chi connectivity index (χ4v) is 1.55. The molecule has 0 aliphatic heterocycles. The summed E-state index contributed by atoms with van der Waals surface area (Å²) in [5.41, 5.74) is 6.88. The van der Waals surface area contributed by atoms with Crippen LogP contribution in [0.25, 0.3) is 0 Å². The second-order valence-electron chi connectivity index (χ2n) is 4.17. The van der Waals surface area contributed by atoms with Crippen LogP contribution in [0.5, 0.6) is 0 Å². The summed E-state index contributed by atoms with van der Waals surface area (Å²) in [6.07, 6.45) is 0. The molecule has 1 heterocycles. The fourth-order valence-electron chi connectivity index (χ4n) is 1.55. The SMILES string of the molecule is Cc1ccc(NC(=O)Cn2nc(N)ccc2=O)cc1. The maximum atomic E-state index is 11.8. The van der Waals surface area contributed by atoms with Crippen LogP contribution in [0.4, 0.5) is 11.5 Å². The molecule has 1 amide bonds. The molecular weight excluding hydrogens is 244 g/mol. The van der Waals surface area contributed by atoms with Crippen LogP contribution in [0.3, 0.4) is 0 Å². The number of nitrogen functional groups attached to an aromatic ring is 1.